The van der Waals surface area contributed by atoms with E-state index in [1.54, 1.807) is 0 Å². The molecule has 0 spiro atoms. The van der Waals surface area contributed by atoms with Crippen LogP contribution in [0.2, 0.25) is 0 Å². The van der Waals surface area contributed by atoms with Gasteiger partial charge in [-0.3, -0.25) is 0 Å². The molecule has 2 N–H and O–H groups in total. The first-order chi connectivity index (χ1) is 12.2. The summed E-state index contributed by atoms with van der Waals surface area (Å²) in [5.74, 6) is 1.23. The van der Waals surface area contributed by atoms with Crippen LogP contribution in [0.4, 0.5) is 10.5 Å². The molecule has 0 bridgehead atoms. The summed E-state index contributed by atoms with van der Waals surface area (Å²) in [6, 6.07) is 15.9. The summed E-state index contributed by atoms with van der Waals surface area (Å²) in [4.78, 5) is 22.6. The van der Waals surface area contributed by atoms with Crippen molar-refractivity contribution < 1.29 is 4.79 Å². The number of nitrogens with zero attached hydrogens (tertiary/aromatic N) is 2. The second kappa shape index (κ2) is 6.59. The van der Waals surface area contributed by atoms with Crippen molar-refractivity contribution in [2.45, 2.75) is 25.7 Å². The molecule has 0 radical (unpaired) electrons. The summed E-state index contributed by atoms with van der Waals surface area (Å²) < 4.78 is 0. The third-order valence-corrected chi connectivity index (χ3v) is 4.77. The normalized spacial score (nSPS) is 17.6. The maximum absolute atomic E-state index is 12.6. The summed E-state index contributed by atoms with van der Waals surface area (Å²) >= 11 is 0. The van der Waals surface area contributed by atoms with Gasteiger partial charge in [-0.2, -0.15) is 0 Å². The number of para-hydroxylation sites is 2. The lowest BCUT2D eigenvalue weighted by molar-refractivity contribution is 0.191. The second-order valence-corrected chi connectivity index (χ2v) is 6.72. The zero-order chi connectivity index (χ0) is 17.2. The van der Waals surface area contributed by atoms with Crippen LogP contribution in [-0.2, 0) is 0 Å². The van der Waals surface area contributed by atoms with Gasteiger partial charge in [0, 0.05) is 24.7 Å². The number of aromatic nitrogens is 2. The number of carbonyl (C=O) groups excluding carboxylic acids is 1. The number of hydrogen-bond donors (Lipinski definition) is 2. The monoisotopic (exact) mass is 334 g/mol. The van der Waals surface area contributed by atoms with E-state index in [0.717, 1.165) is 47.5 Å². The third-order valence-electron chi connectivity index (χ3n) is 4.77. The zero-order valence-electron chi connectivity index (χ0n) is 14.3. The third kappa shape index (κ3) is 3.36. The van der Waals surface area contributed by atoms with E-state index < -0.39 is 0 Å². The number of carbonyl (C=O) groups is 1. The van der Waals surface area contributed by atoms with Crippen molar-refractivity contribution in [3.8, 4) is 0 Å². The van der Waals surface area contributed by atoms with Crippen LogP contribution in [0.5, 0.6) is 0 Å². The van der Waals surface area contributed by atoms with Gasteiger partial charge in [0.05, 0.1) is 11.0 Å². The van der Waals surface area contributed by atoms with Crippen LogP contribution in [0, 0.1) is 6.92 Å². The zero-order valence-corrected chi connectivity index (χ0v) is 14.3. The molecule has 4 rings (SSSR count). The van der Waals surface area contributed by atoms with Crippen LogP contribution in [0.25, 0.3) is 11.0 Å². The van der Waals surface area contributed by atoms with Crippen molar-refractivity contribution in [3.05, 3.63) is 59.9 Å². The Morgan fingerprint density at radius 1 is 1.24 bits per heavy atom. The Balaban J connectivity index is 1.47. The number of imidazole rings is 1. The first-order valence-electron chi connectivity index (χ1n) is 8.76. The van der Waals surface area contributed by atoms with Crippen LogP contribution in [0.1, 0.15) is 30.1 Å². The van der Waals surface area contributed by atoms with E-state index in [0.29, 0.717) is 6.54 Å². The number of benzene rings is 2. The fourth-order valence-corrected chi connectivity index (χ4v) is 3.48. The Morgan fingerprint density at radius 3 is 2.96 bits per heavy atom. The Bertz CT molecular complexity index is 868. The van der Waals surface area contributed by atoms with E-state index >= 15 is 0 Å². The van der Waals surface area contributed by atoms with Crippen LogP contribution in [0.15, 0.2) is 48.5 Å². The largest absolute Gasteiger partial charge is 0.342 e. The van der Waals surface area contributed by atoms with Gasteiger partial charge in [0.2, 0.25) is 0 Å². The molecule has 2 aromatic carbocycles. The molecule has 0 aliphatic carbocycles. The Kier molecular flexibility index (Phi) is 4.14. The Morgan fingerprint density at radius 2 is 2.12 bits per heavy atom. The van der Waals surface area contributed by atoms with Gasteiger partial charge >= 0.3 is 6.03 Å². The molecule has 1 aliphatic heterocycles. The molecule has 0 saturated carbocycles. The van der Waals surface area contributed by atoms with E-state index in [4.69, 9.17) is 4.98 Å². The van der Waals surface area contributed by atoms with Crippen molar-refractivity contribution in [1.29, 1.82) is 0 Å². The molecule has 0 unspecified atom stereocenters. The van der Waals surface area contributed by atoms with Gasteiger partial charge < -0.3 is 15.2 Å². The molecule has 1 saturated heterocycles. The van der Waals surface area contributed by atoms with Gasteiger partial charge in [-0.25, -0.2) is 9.78 Å². The van der Waals surface area contributed by atoms with Crippen LogP contribution in [-0.4, -0.2) is 34.0 Å². The van der Waals surface area contributed by atoms with Crippen LogP contribution in [0.3, 0.4) is 0 Å². The standard InChI is InChI=1S/C20H22N4O/c1-14-6-4-8-16(12-14)21-20(25)24-11-5-7-15(13-24)19-22-17-9-2-3-10-18(17)23-19/h2-4,6,8-10,12,15H,5,7,11,13H2,1H3,(H,21,25)(H,22,23)/t15-/m0/s1. The number of H-pyrrole nitrogens is 1. The molecule has 5 heteroatoms. The number of likely N-dealkylation sites (tertiary alicyclic amines) is 1. The number of amides is 2. The van der Waals surface area contributed by atoms with Crippen molar-refractivity contribution in [3.63, 3.8) is 0 Å². The minimum atomic E-state index is -0.0357. The summed E-state index contributed by atoms with van der Waals surface area (Å²) in [6.07, 6.45) is 2.04. The summed E-state index contributed by atoms with van der Waals surface area (Å²) in [6.45, 7) is 3.50. The summed E-state index contributed by atoms with van der Waals surface area (Å²) in [5, 5.41) is 3.01. The molecule has 2 amide bonds. The summed E-state index contributed by atoms with van der Waals surface area (Å²) in [5.41, 5.74) is 4.02. The average molecular weight is 334 g/mol. The van der Waals surface area contributed by atoms with E-state index in [-0.39, 0.29) is 11.9 Å². The van der Waals surface area contributed by atoms with E-state index in [9.17, 15) is 4.79 Å². The van der Waals surface area contributed by atoms with Crippen molar-refractivity contribution in [1.82, 2.24) is 14.9 Å². The number of urea groups is 1. The highest BCUT2D eigenvalue weighted by molar-refractivity contribution is 5.89. The number of aromatic amines is 1. The lowest BCUT2D eigenvalue weighted by Gasteiger charge is -2.31. The molecular formula is C20H22N4O. The number of anilines is 1. The highest BCUT2D eigenvalue weighted by Crippen LogP contribution is 2.27. The second-order valence-electron chi connectivity index (χ2n) is 6.72. The fraction of sp³-hybridized carbons (Fsp3) is 0.300. The number of hydrogen-bond acceptors (Lipinski definition) is 2. The molecule has 1 aliphatic rings. The number of rotatable bonds is 2. The van der Waals surface area contributed by atoms with Crippen molar-refractivity contribution >= 4 is 22.8 Å². The van der Waals surface area contributed by atoms with Crippen molar-refractivity contribution in [2.75, 3.05) is 18.4 Å². The van der Waals surface area contributed by atoms with Gasteiger partial charge in [-0.15, -0.1) is 0 Å². The topological polar surface area (TPSA) is 61.0 Å². The molecule has 2 heterocycles. The van der Waals surface area contributed by atoms with Crippen LogP contribution < -0.4 is 5.32 Å². The predicted molar refractivity (Wildman–Crippen MR) is 99.8 cm³/mol. The minimum Gasteiger partial charge on any atom is -0.342 e. The maximum Gasteiger partial charge on any atom is 0.321 e. The molecular weight excluding hydrogens is 312 g/mol. The molecule has 1 aromatic heterocycles. The van der Waals surface area contributed by atoms with Crippen molar-refractivity contribution in [2.24, 2.45) is 0 Å². The molecule has 25 heavy (non-hydrogen) atoms. The maximum atomic E-state index is 12.6. The first kappa shape index (κ1) is 15.7. The summed E-state index contributed by atoms with van der Waals surface area (Å²) in [7, 11) is 0. The SMILES string of the molecule is Cc1cccc(NC(=O)N2CCC[C@H](c3nc4ccccc4[nH]3)C2)c1. The van der Waals surface area contributed by atoms with E-state index in [1.165, 1.54) is 0 Å². The fourth-order valence-electron chi connectivity index (χ4n) is 3.48. The van der Waals surface area contributed by atoms with Crippen LogP contribution >= 0.6 is 0 Å². The lowest BCUT2D eigenvalue weighted by atomic mass is 9.97. The van der Waals surface area contributed by atoms with Gasteiger partial charge in [-0.1, -0.05) is 24.3 Å². The number of fused-ring (bicyclic) bond motifs is 1. The highest BCUT2D eigenvalue weighted by Gasteiger charge is 2.26. The average Bonchev–Trinajstić information content (AvgIpc) is 3.06. The van der Waals surface area contributed by atoms with Gasteiger partial charge in [0.15, 0.2) is 0 Å². The predicted octanol–water partition coefficient (Wildman–Crippen LogP) is 4.28. The first-order valence-corrected chi connectivity index (χ1v) is 8.76. The molecule has 1 fully saturated rings. The smallest absolute Gasteiger partial charge is 0.321 e. The van der Waals surface area contributed by atoms with E-state index in [1.807, 2.05) is 60.4 Å². The Labute approximate surface area is 147 Å². The number of aryl methyl sites for hydroxylation is 1. The highest BCUT2D eigenvalue weighted by atomic mass is 16.2. The van der Waals surface area contributed by atoms with E-state index in [2.05, 4.69) is 10.3 Å². The quantitative estimate of drug-likeness (QED) is 0.735. The molecule has 128 valence electrons. The lowest BCUT2D eigenvalue weighted by Crippen LogP contribution is -2.41. The molecule has 1 atom stereocenters. The number of piperidine rings is 1. The molecule has 3 aromatic rings. The van der Waals surface area contributed by atoms with Gasteiger partial charge in [0.1, 0.15) is 5.82 Å². The minimum absolute atomic E-state index is 0.0357. The molecule has 5 nitrogen and oxygen atoms in total. The number of nitrogens with one attached hydrogen (secondary N) is 2. The Hall–Kier alpha value is -2.82. The van der Waals surface area contributed by atoms with Gasteiger partial charge in [-0.05, 0) is 49.6 Å². The van der Waals surface area contributed by atoms with Gasteiger partial charge in [0.25, 0.3) is 0 Å².